The van der Waals surface area contributed by atoms with E-state index in [1.54, 1.807) is 0 Å². The Morgan fingerprint density at radius 1 is 1.28 bits per heavy atom. The van der Waals surface area contributed by atoms with E-state index < -0.39 is 32.9 Å². The zero-order chi connectivity index (χ0) is 21.1. The molecule has 1 aliphatic rings. The Hall–Kier alpha value is -2.42. The van der Waals surface area contributed by atoms with Gasteiger partial charge in [0.2, 0.25) is 0 Å². The molecule has 1 saturated heterocycles. The van der Waals surface area contributed by atoms with Gasteiger partial charge in [-0.2, -0.15) is 0 Å². The molecule has 1 aromatic carbocycles. The van der Waals surface area contributed by atoms with Crippen LogP contribution in [-0.4, -0.2) is 52.0 Å². The second-order valence-electron chi connectivity index (χ2n) is 5.70. The Balaban J connectivity index is 1.63. The predicted molar refractivity (Wildman–Crippen MR) is 96.1 cm³/mol. The van der Waals surface area contributed by atoms with Gasteiger partial charge in [0.1, 0.15) is 11.4 Å². The first-order valence-electron chi connectivity index (χ1n) is 8.10. The summed E-state index contributed by atoms with van der Waals surface area (Å²) in [6.45, 7) is 2.32. The van der Waals surface area contributed by atoms with Crippen molar-refractivity contribution in [3.63, 3.8) is 0 Å². The second kappa shape index (κ2) is 8.52. The number of alkyl halides is 3. The lowest BCUT2D eigenvalue weighted by atomic mass is 10.3. The summed E-state index contributed by atoms with van der Waals surface area (Å²) >= 11 is 1.22. The molecule has 2 aromatic rings. The number of carbonyl (C=O) groups excluding carboxylic acids is 1. The third-order valence-electron chi connectivity index (χ3n) is 3.65. The molecule has 1 amide bonds. The molecule has 14 heteroatoms. The number of aromatic nitrogens is 1. The lowest BCUT2D eigenvalue weighted by Crippen LogP contribution is -2.41. The minimum atomic E-state index is -4.97. The second-order valence-corrected chi connectivity index (χ2v) is 8.22. The number of sulfonamides is 1. The van der Waals surface area contributed by atoms with Crippen LogP contribution in [0.25, 0.3) is 0 Å². The number of benzene rings is 1. The lowest BCUT2D eigenvalue weighted by molar-refractivity contribution is -0.274. The number of halogens is 3. The van der Waals surface area contributed by atoms with Crippen molar-refractivity contribution in [3.05, 3.63) is 35.3 Å². The summed E-state index contributed by atoms with van der Waals surface area (Å²) in [5, 5.41) is 2.06. The summed E-state index contributed by atoms with van der Waals surface area (Å²) in [5.41, 5.74) is 1.98. The van der Waals surface area contributed by atoms with Crippen molar-refractivity contribution < 1.29 is 35.9 Å². The molecule has 0 saturated carbocycles. The maximum absolute atomic E-state index is 12.3. The van der Waals surface area contributed by atoms with Gasteiger partial charge in [-0.05, 0) is 12.1 Å². The maximum atomic E-state index is 12.3. The minimum Gasteiger partial charge on any atom is -0.406 e. The van der Waals surface area contributed by atoms with E-state index >= 15 is 0 Å². The highest BCUT2D eigenvalue weighted by molar-refractivity contribution is 7.89. The van der Waals surface area contributed by atoms with E-state index in [2.05, 4.69) is 9.72 Å². The number of rotatable bonds is 6. The topological polar surface area (TPSA) is 110 Å². The molecular weight excluding hydrogens is 437 g/mol. The van der Waals surface area contributed by atoms with Gasteiger partial charge < -0.3 is 14.4 Å². The first-order chi connectivity index (χ1) is 13.6. The third-order valence-corrected chi connectivity index (χ3v) is 5.80. The Morgan fingerprint density at radius 3 is 2.69 bits per heavy atom. The highest BCUT2D eigenvalue weighted by Crippen LogP contribution is 2.25. The largest absolute Gasteiger partial charge is 0.573 e. The number of hydrogen-bond acceptors (Lipinski definition) is 8. The van der Waals surface area contributed by atoms with Crippen LogP contribution in [0.1, 0.15) is 10.5 Å². The summed E-state index contributed by atoms with van der Waals surface area (Å²) in [6, 6.07) is 3.76. The number of amides is 1. The van der Waals surface area contributed by atoms with E-state index in [-0.39, 0.29) is 5.69 Å². The van der Waals surface area contributed by atoms with Gasteiger partial charge in [0, 0.05) is 24.5 Å². The molecule has 0 radical (unpaired) electrons. The summed E-state index contributed by atoms with van der Waals surface area (Å²) in [4.78, 5) is 19.6. The Labute approximate surface area is 167 Å². The molecule has 0 unspecified atom stereocenters. The van der Waals surface area contributed by atoms with Crippen molar-refractivity contribution in [2.45, 2.75) is 11.3 Å². The van der Waals surface area contributed by atoms with Crippen LogP contribution in [0, 0.1) is 0 Å². The number of nitrogens with one attached hydrogen (secondary N) is 2. The smallest absolute Gasteiger partial charge is 0.406 e. The van der Waals surface area contributed by atoms with Crippen LogP contribution in [0.2, 0.25) is 0 Å². The molecule has 0 atom stereocenters. The van der Waals surface area contributed by atoms with Crippen molar-refractivity contribution in [3.8, 4) is 5.75 Å². The van der Waals surface area contributed by atoms with Gasteiger partial charge in [0.25, 0.3) is 15.9 Å². The fourth-order valence-electron chi connectivity index (χ4n) is 2.34. The van der Waals surface area contributed by atoms with Crippen LogP contribution in [0.3, 0.4) is 0 Å². The van der Waals surface area contributed by atoms with Gasteiger partial charge in [-0.3, -0.25) is 10.2 Å². The van der Waals surface area contributed by atoms with Gasteiger partial charge >= 0.3 is 6.36 Å². The molecule has 1 aromatic heterocycles. The highest BCUT2D eigenvalue weighted by atomic mass is 32.2. The first kappa shape index (κ1) is 21.3. The molecule has 0 bridgehead atoms. The molecule has 9 nitrogen and oxygen atoms in total. The maximum Gasteiger partial charge on any atom is 0.573 e. The van der Waals surface area contributed by atoms with Crippen LogP contribution in [0.15, 0.2) is 34.5 Å². The Morgan fingerprint density at radius 2 is 2.00 bits per heavy atom. The van der Waals surface area contributed by atoms with Crippen molar-refractivity contribution in [2.75, 3.05) is 31.2 Å². The standard InChI is InChI=1S/C15H15F3N4O5S2/c16-15(17,18)27-10-2-1-3-11(8-10)29(24,25)21-20-13(23)12-9-28-14(19-12)22-4-6-26-7-5-22/h1-3,8-9,21H,4-7H2,(H,20,23). The summed E-state index contributed by atoms with van der Waals surface area (Å²) in [7, 11) is -4.34. The summed E-state index contributed by atoms with van der Waals surface area (Å²) in [5.74, 6) is -1.52. The van der Waals surface area contributed by atoms with Gasteiger partial charge in [-0.15, -0.1) is 29.3 Å². The molecule has 0 aliphatic carbocycles. The van der Waals surface area contributed by atoms with Gasteiger partial charge in [0.15, 0.2) is 5.13 Å². The van der Waals surface area contributed by atoms with E-state index in [4.69, 9.17) is 4.74 Å². The molecule has 158 valence electrons. The first-order valence-corrected chi connectivity index (χ1v) is 10.5. The van der Waals surface area contributed by atoms with Crippen LogP contribution in [-0.2, 0) is 14.8 Å². The van der Waals surface area contributed by atoms with Crippen molar-refractivity contribution in [1.29, 1.82) is 0 Å². The normalized spacial score (nSPS) is 15.2. The zero-order valence-corrected chi connectivity index (χ0v) is 16.2. The third kappa shape index (κ3) is 5.79. The number of hydrogen-bond donors (Lipinski definition) is 2. The molecule has 2 heterocycles. The molecule has 1 aliphatic heterocycles. The SMILES string of the molecule is O=C(NNS(=O)(=O)c1cccc(OC(F)(F)F)c1)c1csc(N2CCOCC2)n1. The number of morpholine rings is 1. The fourth-order valence-corrected chi connectivity index (χ4v) is 4.08. The molecule has 2 N–H and O–H groups in total. The quantitative estimate of drug-likeness (QED) is 0.640. The van der Waals surface area contributed by atoms with E-state index in [0.29, 0.717) is 37.5 Å². The van der Waals surface area contributed by atoms with Crippen molar-refractivity contribution >= 4 is 32.4 Å². The van der Waals surface area contributed by atoms with E-state index in [9.17, 15) is 26.4 Å². The molecule has 0 spiro atoms. The van der Waals surface area contributed by atoms with Crippen molar-refractivity contribution in [2.24, 2.45) is 0 Å². The summed E-state index contributed by atoms with van der Waals surface area (Å²) < 4.78 is 70.3. The zero-order valence-electron chi connectivity index (χ0n) is 14.6. The molecule has 1 fully saturated rings. The van der Waals surface area contributed by atoms with Crippen LogP contribution in [0.4, 0.5) is 18.3 Å². The van der Waals surface area contributed by atoms with Gasteiger partial charge in [-0.1, -0.05) is 6.07 Å². The van der Waals surface area contributed by atoms with Crippen molar-refractivity contribution in [1.82, 2.24) is 15.2 Å². The van der Waals surface area contributed by atoms with Crippen LogP contribution < -0.4 is 19.9 Å². The Bertz CT molecular complexity index is 974. The number of carbonyl (C=O) groups is 1. The minimum absolute atomic E-state index is 0.00616. The predicted octanol–water partition coefficient (Wildman–Crippen LogP) is 1.50. The number of hydrazine groups is 1. The van der Waals surface area contributed by atoms with Gasteiger partial charge in [0.05, 0.1) is 18.1 Å². The molecule has 3 rings (SSSR count). The van der Waals surface area contributed by atoms with Crippen LogP contribution in [0.5, 0.6) is 5.75 Å². The van der Waals surface area contributed by atoms with E-state index in [0.717, 1.165) is 18.2 Å². The highest BCUT2D eigenvalue weighted by Gasteiger charge is 2.31. The molecule has 29 heavy (non-hydrogen) atoms. The average Bonchev–Trinajstić information content (AvgIpc) is 3.16. The van der Waals surface area contributed by atoms with E-state index in [1.165, 1.54) is 16.7 Å². The fraction of sp³-hybridized carbons (Fsp3) is 0.333. The number of thiazole rings is 1. The lowest BCUT2D eigenvalue weighted by Gasteiger charge is -2.25. The average molecular weight is 452 g/mol. The van der Waals surface area contributed by atoms with Crippen LogP contribution >= 0.6 is 11.3 Å². The number of ether oxygens (including phenoxy) is 2. The monoisotopic (exact) mass is 452 g/mol. The molecular formula is C15H15F3N4O5S2. The summed E-state index contributed by atoms with van der Waals surface area (Å²) in [6.07, 6.45) is -4.97. The number of anilines is 1. The Kier molecular flexibility index (Phi) is 6.26. The van der Waals surface area contributed by atoms with E-state index in [1.807, 2.05) is 15.2 Å². The number of nitrogens with zero attached hydrogens (tertiary/aromatic N) is 2. The van der Waals surface area contributed by atoms with Gasteiger partial charge in [-0.25, -0.2) is 13.4 Å².